The molecule has 0 saturated heterocycles. The van der Waals surface area contributed by atoms with Gasteiger partial charge in [0.05, 0.1) is 17.4 Å². The van der Waals surface area contributed by atoms with Crippen LogP contribution in [0.2, 0.25) is 0 Å². The van der Waals surface area contributed by atoms with Crippen LogP contribution >= 0.6 is 0 Å². The number of nitrogens with one attached hydrogen (secondary N) is 1. The summed E-state index contributed by atoms with van der Waals surface area (Å²) in [5, 5.41) is 2.91. The van der Waals surface area contributed by atoms with E-state index in [1.54, 1.807) is 16.7 Å². The monoisotopic (exact) mass is 346 g/mol. The van der Waals surface area contributed by atoms with Crippen molar-refractivity contribution in [1.82, 2.24) is 14.5 Å². The molecule has 0 atom stereocenters. The van der Waals surface area contributed by atoms with Crippen LogP contribution in [0.1, 0.15) is 24.4 Å². The molecule has 0 radical (unpaired) electrons. The second-order valence-electron chi connectivity index (χ2n) is 5.95. The Kier molecular flexibility index (Phi) is 3.48. The first-order chi connectivity index (χ1) is 11.9. The molecule has 1 N–H and O–H groups in total. The summed E-state index contributed by atoms with van der Waals surface area (Å²) < 4.78 is 39.4. The Morgan fingerprint density at radius 3 is 2.44 bits per heavy atom. The summed E-state index contributed by atoms with van der Waals surface area (Å²) in [6.07, 6.45) is -0.931. The lowest BCUT2D eigenvalue weighted by molar-refractivity contribution is -0.137. The number of hydrogen-bond acceptors (Lipinski definition) is 4. The van der Waals surface area contributed by atoms with Gasteiger partial charge in [0.1, 0.15) is 5.82 Å². The number of halogens is 3. The van der Waals surface area contributed by atoms with Gasteiger partial charge in [-0.15, -0.1) is 0 Å². The van der Waals surface area contributed by atoms with Crippen LogP contribution in [-0.2, 0) is 6.18 Å². The van der Waals surface area contributed by atoms with Gasteiger partial charge in [-0.25, -0.2) is 9.97 Å². The van der Waals surface area contributed by atoms with E-state index < -0.39 is 11.7 Å². The third-order valence-electron chi connectivity index (χ3n) is 4.06. The van der Waals surface area contributed by atoms with Crippen LogP contribution in [0.3, 0.4) is 0 Å². The fourth-order valence-electron chi connectivity index (χ4n) is 2.59. The van der Waals surface area contributed by atoms with E-state index in [2.05, 4.69) is 15.3 Å². The molecule has 2 aromatic heterocycles. The smallest absolute Gasteiger partial charge is 0.340 e. The van der Waals surface area contributed by atoms with Crippen molar-refractivity contribution in [2.45, 2.75) is 25.1 Å². The van der Waals surface area contributed by atoms with Crippen molar-refractivity contribution in [3.05, 3.63) is 58.6 Å². The summed E-state index contributed by atoms with van der Waals surface area (Å²) in [5.74, 6) is 0.375. The molecule has 0 aliphatic heterocycles. The summed E-state index contributed by atoms with van der Waals surface area (Å²) in [7, 11) is 0. The molecule has 0 spiro atoms. The first-order valence-corrected chi connectivity index (χ1v) is 7.74. The molecule has 25 heavy (non-hydrogen) atoms. The first kappa shape index (κ1) is 15.6. The molecule has 1 saturated carbocycles. The van der Waals surface area contributed by atoms with E-state index in [9.17, 15) is 18.0 Å². The van der Waals surface area contributed by atoms with E-state index in [4.69, 9.17) is 0 Å². The highest BCUT2D eigenvalue weighted by Crippen LogP contribution is 2.33. The van der Waals surface area contributed by atoms with E-state index in [0.29, 0.717) is 17.0 Å². The maximum absolute atomic E-state index is 12.6. The highest BCUT2D eigenvalue weighted by Gasteiger charge is 2.30. The van der Waals surface area contributed by atoms with Crippen LogP contribution in [0.4, 0.5) is 24.7 Å². The van der Waals surface area contributed by atoms with Gasteiger partial charge < -0.3 is 5.32 Å². The number of pyridine rings is 1. The molecular weight excluding hydrogens is 333 g/mol. The molecule has 4 rings (SSSR count). The van der Waals surface area contributed by atoms with E-state index in [-0.39, 0.29) is 17.1 Å². The third kappa shape index (κ3) is 3.07. The molecule has 0 unspecified atom stereocenters. The van der Waals surface area contributed by atoms with Crippen molar-refractivity contribution < 1.29 is 13.2 Å². The number of anilines is 2. The van der Waals surface area contributed by atoms with Gasteiger partial charge in [-0.1, -0.05) is 0 Å². The predicted octanol–water partition coefficient (Wildman–Crippen LogP) is 3.89. The molecule has 1 aromatic carbocycles. The first-order valence-electron chi connectivity index (χ1n) is 7.74. The Hall–Kier alpha value is -2.90. The molecule has 5 nitrogen and oxygen atoms in total. The number of alkyl halides is 3. The minimum atomic E-state index is -4.38. The number of hydrogen-bond donors (Lipinski definition) is 1. The standard InChI is InChI=1S/C17H13F3N4O/c18-17(19,20)10-1-3-11(4-2-10)22-14-8-7-13-15(23-14)16(25)24(9-21-13)12-5-6-12/h1-4,7-9,12H,5-6H2,(H,22,23). The summed E-state index contributed by atoms with van der Waals surface area (Å²) in [6, 6.07) is 8.11. The lowest BCUT2D eigenvalue weighted by Gasteiger charge is -2.10. The second kappa shape index (κ2) is 5.58. The van der Waals surface area contributed by atoms with Crippen LogP contribution in [0.25, 0.3) is 11.0 Å². The van der Waals surface area contributed by atoms with Crippen molar-refractivity contribution in [3.63, 3.8) is 0 Å². The van der Waals surface area contributed by atoms with Crippen molar-refractivity contribution in [1.29, 1.82) is 0 Å². The molecule has 128 valence electrons. The van der Waals surface area contributed by atoms with Crippen LogP contribution in [0.15, 0.2) is 47.5 Å². The lowest BCUT2D eigenvalue weighted by Crippen LogP contribution is -2.20. The van der Waals surface area contributed by atoms with E-state index in [1.807, 2.05) is 0 Å². The predicted molar refractivity (Wildman–Crippen MR) is 86.8 cm³/mol. The van der Waals surface area contributed by atoms with Crippen molar-refractivity contribution in [2.24, 2.45) is 0 Å². The SMILES string of the molecule is O=c1c2nc(Nc3ccc(C(F)(F)F)cc3)ccc2ncn1C1CC1. The summed E-state index contributed by atoms with van der Waals surface area (Å²) in [6.45, 7) is 0. The van der Waals surface area contributed by atoms with Gasteiger partial charge in [-0.05, 0) is 49.2 Å². The minimum Gasteiger partial charge on any atom is -0.340 e. The molecule has 1 aliphatic carbocycles. The molecule has 1 fully saturated rings. The summed E-state index contributed by atoms with van der Waals surface area (Å²) in [4.78, 5) is 21.0. The number of rotatable bonds is 3. The lowest BCUT2D eigenvalue weighted by atomic mass is 10.2. The van der Waals surface area contributed by atoms with Crippen LogP contribution in [0.5, 0.6) is 0 Å². The molecular formula is C17H13F3N4O. The van der Waals surface area contributed by atoms with Gasteiger partial charge in [0, 0.05) is 11.7 Å². The molecule has 3 aromatic rings. The number of aromatic nitrogens is 3. The summed E-state index contributed by atoms with van der Waals surface area (Å²) >= 11 is 0. The van der Waals surface area contributed by atoms with Crippen molar-refractivity contribution in [3.8, 4) is 0 Å². The average Bonchev–Trinajstić information content (AvgIpc) is 3.40. The van der Waals surface area contributed by atoms with Crippen molar-refractivity contribution in [2.75, 3.05) is 5.32 Å². The van der Waals surface area contributed by atoms with Crippen LogP contribution < -0.4 is 10.9 Å². The number of nitrogens with zero attached hydrogens (tertiary/aromatic N) is 3. The van der Waals surface area contributed by atoms with Crippen molar-refractivity contribution >= 4 is 22.5 Å². The molecule has 2 heterocycles. The fraction of sp³-hybridized carbons (Fsp3) is 0.235. The largest absolute Gasteiger partial charge is 0.416 e. The Balaban J connectivity index is 1.65. The van der Waals surface area contributed by atoms with Gasteiger partial charge in [-0.2, -0.15) is 13.2 Å². The van der Waals surface area contributed by atoms with Crippen LogP contribution in [-0.4, -0.2) is 14.5 Å². The molecule has 0 bridgehead atoms. The third-order valence-corrected chi connectivity index (χ3v) is 4.06. The zero-order valence-corrected chi connectivity index (χ0v) is 12.9. The highest BCUT2D eigenvalue weighted by atomic mass is 19.4. The quantitative estimate of drug-likeness (QED) is 0.782. The highest BCUT2D eigenvalue weighted by molar-refractivity contribution is 5.76. The maximum atomic E-state index is 12.6. The second-order valence-corrected chi connectivity index (χ2v) is 5.95. The molecule has 1 aliphatic rings. The van der Waals surface area contributed by atoms with Gasteiger partial charge in [0.2, 0.25) is 0 Å². The normalized spacial score (nSPS) is 14.7. The number of benzene rings is 1. The summed E-state index contributed by atoms with van der Waals surface area (Å²) in [5.41, 5.74) is 0.252. The van der Waals surface area contributed by atoms with Gasteiger partial charge in [0.25, 0.3) is 5.56 Å². The zero-order chi connectivity index (χ0) is 17.6. The Bertz CT molecular complexity index is 991. The Morgan fingerprint density at radius 2 is 1.80 bits per heavy atom. The number of fused-ring (bicyclic) bond motifs is 1. The van der Waals surface area contributed by atoms with E-state index in [1.165, 1.54) is 18.5 Å². The Morgan fingerprint density at radius 1 is 1.08 bits per heavy atom. The average molecular weight is 346 g/mol. The van der Waals surface area contributed by atoms with Gasteiger partial charge >= 0.3 is 6.18 Å². The van der Waals surface area contributed by atoms with Gasteiger partial charge in [-0.3, -0.25) is 9.36 Å². The molecule has 0 amide bonds. The van der Waals surface area contributed by atoms with Crippen LogP contribution in [0, 0.1) is 0 Å². The molecule has 8 heteroatoms. The zero-order valence-electron chi connectivity index (χ0n) is 12.9. The fourth-order valence-corrected chi connectivity index (χ4v) is 2.59. The Labute approximate surface area is 140 Å². The minimum absolute atomic E-state index is 0.192. The topological polar surface area (TPSA) is 59.8 Å². The van der Waals surface area contributed by atoms with Gasteiger partial charge in [0.15, 0.2) is 5.52 Å². The van der Waals surface area contributed by atoms with E-state index in [0.717, 1.165) is 25.0 Å². The van der Waals surface area contributed by atoms with E-state index >= 15 is 0 Å². The maximum Gasteiger partial charge on any atom is 0.416 e.